The topological polar surface area (TPSA) is 120 Å². The molecule has 1 aliphatic rings. The molecular weight excluding hydrogens is 390 g/mol. The van der Waals surface area contributed by atoms with E-state index in [9.17, 15) is 9.59 Å². The first kappa shape index (κ1) is 21.3. The van der Waals surface area contributed by atoms with Crippen LogP contribution < -0.4 is 9.64 Å². The lowest BCUT2D eigenvalue weighted by Gasteiger charge is -2.28. The summed E-state index contributed by atoms with van der Waals surface area (Å²) in [6.07, 6.45) is 6.92. The van der Waals surface area contributed by atoms with Gasteiger partial charge in [0.15, 0.2) is 0 Å². The van der Waals surface area contributed by atoms with E-state index in [0.717, 1.165) is 23.1 Å². The minimum Gasteiger partial charge on any atom is -0.474 e. The number of aromatic amines is 1. The number of fused-ring (bicyclic) bond motifs is 2. The van der Waals surface area contributed by atoms with Crippen molar-refractivity contribution in [2.75, 3.05) is 25.7 Å². The second-order valence-electron chi connectivity index (χ2n) is 6.44. The van der Waals surface area contributed by atoms with Crippen molar-refractivity contribution in [1.29, 1.82) is 0 Å². The van der Waals surface area contributed by atoms with Crippen LogP contribution in [0.1, 0.15) is 18.4 Å². The molecule has 4 heterocycles. The molecule has 1 unspecified atom stereocenters. The Morgan fingerprint density at radius 3 is 2.83 bits per heavy atom. The molecule has 3 aromatic heterocycles. The van der Waals surface area contributed by atoms with E-state index in [1.807, 2.05) is 6.07 Å². The van der Waals surface area contributed by atoms with E-state index < -0.39 is 0 Å². The molecule has 1 atom stereocenters. The highest BCUT2D eigenvalue weighted by Crippen LogP contribution is 2.27. The molecule has 1 N–H and O–H groups in total. The predicted molar refractivity (Wildman–Crippen MR) is 108 cm³/mol. The lowest BCUT2D eigenvalue weighted by Crippen LogP contribution is -2.38. The summed E-state index contributed by atoms with van der Waals surface area (Å²) in [6, 6.07) is 5.36. The van der Waals surface area contributed by atoms with Gasteiger partial charge in [0.2, 0.25) is 11.8 Å². The molecule has 0 bridgehead atoms. The van der Waals surface area contributed by atoms with E-state index >= 15 is 0 Å². The van der Waals surface area contributed by atoms with Gasteiger partial charge in [0.05, 0.1) is 44.6 Å². The Morgan fingerprint density at radius 2 is 2.07 bits per heavy atom. The molecule has 4 rings (SSSR count). The maximum Gasteiger partial charge on any atom is 0.231 e. The van der Waals surface area contributed by atoms with Crippen molar-refractivity contribution in [1.82, 2.24) is 20.2 Å². The van der Waals surface area contributed by atoms with Crippen LogP contribution in [-0.4, -0.2) is 59.2 Å². The van der Waals surface area contributed by atoms with Gasteiger partial charge in [0, 0.05) is 18.5 Å². The van der Waals surface area contributed by atoms with Crippen molar-refractivity contribution in [3.8, 4) is 5.88 Å². The Labute approximate surface area is 173 Å². The fourth-order valence-corrected chi connectivity index (χ4v) is 3.16. The first-order valence-electron chi connectivity index (χ1n) is 9.36. The summed E-state index contributed by atoms with van der Waals surface area (Å²) in [4.78, 5) is 41.9. The summed E-state index contributed by atoms with van der Waals surface area (Å²) in [7, 11) is 2.92. The van der Waals surface area contributed by atoms with Gasteiger partial charge in [0.25, 0.3) is 0 Å². The molecule has 0 aliphatic carbocycles. The average Bonchev–Trinajstić information content (AvgIpc) is 3.23. The second kappa shape index (κ2) is 10.4. The zero-order valence-corrected chi connectivity index (χ0v) is 16.8. The molecule has 0 radical (unpaired) electrons. The van der Waals surface area contributed by atoms with Crippen LogP contribution in [-0.2, 0) is 25.8 Å². The number of ether oxygens (including phenoxy) is 1. The fourth-order valence-electron chi connectivity index (χ4n) is 3.16. The van der Waals surface area contributed by atoms with Gasteiger partial charge in [-0.05, 0) is 30.5 Å². The van der Waals surface area contributed by atoms with Crippen LogP contribution >= 0.6 is 0 Å². The Hall–Kier alpha value is -3.37. The standard InChI is InChI=1S/C18H17N5O3.C2H6O2/c24-8-7-23-16-5-6-19-10-12(16)1-2-13(9-18(23)25)26-17-4-3-14-15(21-17)11-20-22-14;1-3-4-2/h3-6,8,10-11,13H,1-2,7,9H2,(H,20,22);1-2H3. The van der Waals surface area contributed by atoms with Crippen molar-refractivity contribution in [3.63, 3.8) is 0 Å². The third kappa shape index (κ3) is 5.16. The van der Waals surface area contributed by atoms with Crippen molar-refractivity contribution in [3.05, 3.63) is 42.4 Å². The molecule has 0 aromatic carbocycles. The van der Waals surface area contributed by atoms with E-state index in [1.54, 1.807) is 30.7 Å². The van der Waals surface area contributed by atoms with Crippen LogP contribution in [0.5, 0.6) is 5.88 Å². The Bertz CT molecular complexity index is 990. The normalized spacial score (nSPS) is 16.1. The number of nitrogens with zero attached hydrogens (tertiary/aromatic N) is 4. The van der Waals surface area contributed by atoms with E-state index in [4.69, 9.17) is 4.74 Å². The molecule has 30 heavy (non-hydrogen) atoms. The van der Waals surface area contributed by atoms with Gasteiger partial charge < -0.3 is 14.4 Å². The predicted octanol–water partition coefficient (Wildman–Crippen LogP) is 1.86. The lowest BCUT2D eigenvalue weighted by molar-refractivity contribution is -0.248. The van der Waals surface area contributed by atoms with Crippen LogP contribution in [0, 0.1) is 0 Å². The summed E-state index contributed by atoms with van der Waals surface area (Å²) in [5.41, 5.74) is 3.20. The molecule has 3 aromatic rings. The zero-order chi connectivity index (χ0) is 21.3. The number of hydrogen-bond donors (Lipinski definition) is 1. The molecule has 0 spiro atoms. The number of carbonyl (C=O) groups is 2. The summed E-state index contributed by atoms with van der Waals surface area (Å²) in [5, 5.41) is 6.78. The van der Waals surface area contributed by atoms with Crippen LogP contribution in [0.2, 0.25) is 0 Å². The molecule has 10 heteroatoms. The number of amides is 1. The molecule has 1 aliphatic heterocycles. The third-order valence-corrected chi connectivity index (χ3v) is 4.59. The Kier molecular flexibility index (Phi) is 7.41. The smallest absolute Gasteiger partial charge is 0.231 e. The highest BCUT2D eigenvalue weighted by molar-refractivity contribution is 5.97. The van der Waals surface area contributed by atoms with Crippen molar-refractivity contribution in [2.45, 2.75) is 25.4 Å². The highest BCUT2D eigenvalue weighted by Gasteiger charge is 2.27. The monoisotopic (exact) mass is 413 g/mol. The fraction of sp³-hybridized carbons (Fsp3) is 0.350. The SMILES string of the molecule is COOC.O=CCN1C(=O)CC(Oc2ccc3[nH]ncc3n2)CCc2cnccc21. The largest absolute Gasteiger partial charge is 0.474 e. The van der Waals surface area contributed by atoms with Gasteiger partial charge in [-0.2, -0.15) is 5.10 Å². The van der Waals surface area contributed by atoms with E-state index in [0.29, 0.717) is 24.2 Å². The van der Waals surface area contributed by atoms with Crippen molar-refractivity contribution in [2.24, 2.45) is 0 Å². The maximum absolute atomic E-state index is 12.7. The van der Waals surface area contributed by atoms with Gasteiger partial charge >= 0.3 is 0 Å². The van der Waals surface area contributed by atoms with E-state index in [1.165, 1.54) is 19.1 Å². The number of aryl methyl sites for hydroxylation is 1. The maximum atomic E-state index is 12.7. The molecule has 0 saturated heterocycles. The van der Waals surface area contributed by atoms with E-state index in [2.05, 4.69) is 29.9 Å². The molecule has 0 fully saturated rings. The molecule has 158 valence electrons. The zero-order valence-electron chi connectivity index (χ0n) is 16.8. The number of hydrogen-bond acceptors (Lipinski definition) is 8. The number of rotatable bonds is 5. The summed E-state index contributed by atoms with van der Waals surface area (Å²) in [6.45, 7) is 0.0157. The molecular formula is C20H23N5O5. The van der Waals surface area contributed by atoms with Gasteiger partial charge in [0.1, 0.15) is 17.9 Å². The second-order valence-corrected chi connectivity index (χ2v) is 6.44. The summed E-state index contributed by atoms with van der Waals surface area (Å²) >= 11 is 0. The summed E-state index contributed by atoms with van der Waals surface area (Å²) < 4.78 is 5.97. The molecule has 10 nitrogen and oxygen atoms in total. The number of carbonyl (C=O) groups excluding carboxylic acids is 2. The van der Waals surface area contributed by atoms with Crippen molar-refractivity contribution < 1.29 is 24.1 Å². The number of anilines is 1. The Balaban J connectivity index is 0.000000589. The lowest BCUT2D eigenvalue weighted by atomic mass is 10.0. The first-order valence-corrected chi connectivity index (χ1v) is 9.36. The number of nitrogens with one attached hydrogen (secondary N) is 1. The van der Waals surface area contributed by atoms with Crippen LogP contribution in [0.3, 0.4) is 0 Å². The highest BCUT2D eigenvalue weighted by atomic mass is 17.2. The number of H-pyrrole nitrogens is 1. The van der Waals surface area contributed by atoms with Gasteiger partial charge in [-0.15, -0.1) is 0 Å². The third-order valence-electron chi connectivity index (χ3n) is 4.59. The molecule has 0 saturated carbocycles. The minimum absolute atomic E-state index is 0.0157. The van der Waals surface area contributed by atoms with Gasteiger partial charge in [-0.25, -0.2) is 14.8 Å². The number of aldehydes is 1. The van der Waals surface area contributed by atoms with Gasteiger partial charge in [-0.1, -0.05) is 0 Å². The number of pyridine rings is 2. The van der Waals surface area contributed by atoms with Crippen molar-refractivity contribution >= 4 is 28.9 Å². The van der Waals surface area contributed by atoms with Crippen LogP contribution in [0.15, 0.2) is 36.8 Å². The average molecular weight is 413 g/mol. The van der Waals surface area contributed by atoms with E-state index in [-0.39, 0.29) is 25.0 Å². The first-order chi connectivity index (χ1) is 14.7. The van der Waals surface area contributed by atoms with Crippen LogP contribution in [0.25, 0.3) is 11.0 Å². The van der Waals surface area contributed by atoms with Gasteiger partial charge in [-0.3, -0.25) is 14.9 Å². The quantitative estimate of drug-likeness (QED) is 0.382. The minimum atomic E-state index is -0.332. The Morgan fingerprint density at radius 1 is 1.23 bits per heavy atom. The molecule has 1 amide bonds. The van der Waals surface area contributed by atoms with Crippen LogP contribution in [0.4, 0.5) is 5.69 Å². The summed E-state index contributed by atoms with van der Waals surface area (Å²) in [5.74, 6) is 0.296. The number of aromatic nitrogens is 4.